The summed E-state index contributed by atoms with van der Waals surface area (Å²) in [5.74, 6) is 2.85. The lowest BCUT2D eigenvalue weighted by atomic mass is 9.80. The Hall–Kier alpha value is -2.33. The number of likely N-dealkylation sites (N-methyl/N-ethyl adjacent to an activating group) is 1. The molecule has 162 valence electrons. The molecular formula is C24H32N2O4. The molecule has 0 radical (unpaired) electrons. The Morgan fingerprint density at radius 2 is 1.97 bits per heavy atom. The van der Waals surface area contributed by atoms with Gasteiger partial charge in [0.25, 0.3) is 5.91 Å². The van der Waals surface area contributed by atoms with Crippen LogP contribution < -0.4 is 0 Å². The number of hydrogen-bond acceptors (Lipinski definition) is 5. The molecule has 0 unspecified atom stereocenters. The second-order valence-electron chi connectivity index (χ2n) is 7.89. The van der Waals surface area contributed by atoms with Gasteiger partial charge in [-0.2, -0.15) is 0 Å². The van der Waals surface area contributed by atoms with E-state index in [1.807, 2.05) is 42.2 Å². The lowest BCUT2D eigenvalue weighted by molar-refractivity contribution is -0.170. The fourth-order valence-corrected chi connectivity index (χ4v) is 4.10. The van der Waals surface area contributed by atoms with Crippen molar-refractivity contribution in [3.63, 3.8) is 0 Å². The van der Waals surface area contributed by atoms with Crippen LogP contribution in [0.15, 0.2) is 36.1 Å². The van der Waals surface area contributed by atoms with Crippen molar-refractivity contribution in [3.8, 4) is 12.3 Å². The van der Waals surface area contributed by atoms with Crippen molar-refractivity contribution in [1.82, 2.24) is 9.80 Å². The Morgan fingerprint density at radius 3 is 2.57 bits per heavy atom. The van der Waals surface area contributed by atoms with Crippen LogP contribution in [0.1, 0.15) is 36.8 Å². The third kappa shape index (κ3) is 5.23. The first-order valence-electron chi connectivity index (χ1n) is 10.7. The molecule has 6 heteroatoms. The van der Waals surface area contributed by atoms with Crippen LogP contribution in [-0.4, -0.2) is 73.5 Å². The predicted octanol–water partition coefficient (Wildman–Crippen LogP) is 2.19. The van der Waals surface area contributed by atoms with Crippen molar-refractivity contribution in [2.45, 2.75) is 32.0 Å². The Morgan fingerprint density at radius 1 is 1.27 bits per heavy atom. The van der Waals surface area contributed by atoms with Crippen molar-refractivity contribution in [2.24, 2.45) is 5.92 Å². The predicted molar refractivity (Wildman–Crippen MR) is 116 cm³/mol. The molecule has 0 aliphatic carbocycles. The topological polar surface area (TPSA) is 62.2 Å². The van der Waals surface area contributed by atoms with E-state index >= 15 is 0 Å². The number of aliphatic hydroxyl groups is 1. The molecule has 1 amide bonds. The summed E-state index contributed by atoms with van der Waals surface area (Å²) < 4.78 is 12.0. The Bertz CT molecular complexity index is 775. The fourth-order valence-electron chi connectivity index (χ4n) is 4.10. The molecule has 0 spiro atoms. The number of nitrogens with zero attached hydrogens (tertiary/aromatic N) is 2. The highest BCUT2D eigenvalue weighted by molar-refractivity contribution is 5.92. The number of ether oxygens (including phenoxy) is 2. The van der Waals surface area contributed by atoms with E-state index in [-0.39, 0.29) is 24.3 Å². The van der Waals surface area contributed by atoms with Crippen molar-refractivity contribution >= 4 is 5.91 Å². The van der Waals surface area contributed by atoms with E-state index in [1.54, 1.807) is 0 Å². The first kappa shape index (κ1) is 22.4. The molecule has 1 saturated heterocycles. The SMILES string of the molecule is C#Cc1ccc([C@H]2C=C(C(=O)N3CCN(C)CC3)O[C@@H](OCC)[C@H]2CCCO)cc1. The zero-order valence-corrected chi connectivity index (χ0v) is 17.9. The number of aliphatic hydroxyl groups excluding tert-OH is 1. The van der Waals surface area contributed by atoms with Gasteiger partial charge >= 0.3 is 0 Å². The largest absolute Gasteiger partial charge is 0.459 e. The maximum atomic E-state index is 13.2. The van der Waals surface area contributed by atoms with Gasteiger partial charge in [-0.3, -0.25) is 4.79 Å². The molecule has 1 fully saturated rings. The Kier molecular flexibility index (Phi) is 7.92. The molecule has 0 aromatic heterocycles. The van der Waals surface area contributed by atoms with Gasteiger partial charge in [0.1, 0.15) is 0 Å². The molecular weight excluding hydrogens is 380 g/mol. The van der Waals surface area contributed by atoms with Crippen LogP contribution in [-0.2, 0) is 14.3 Å². The number of carbonyl (C=O) groups is 1. The van der Waals surface area contributed by atoms with Gasteiger partial charge in [0, 0.05) is 56.8 Å². The summed E-state index contributed by atoms with van der Waals surface area (Å²) in [5, 5.41) is 9.39. The van der Waals surface area contributed by atoms with Crippen LogP contribution in [0.2, 0.25) is 0 Å². The average Bonchev–Trinajstić information content (AvgIpc) is 2.78. The van der Waals surface area contributed by atoms with Crippen LogP contribution in [0.4, 0.5) is 0 Å². The Balaban J connectivity index is 1.92. The van der Waals surface area contributed by atoms with Gasteiger partial charge in [0.05, 0.1) is 0 Å². The number of hydrogen-bond donors (Lipinski definition) is 1. The van der Waals surface area contributed by atoms with Gasteiger partial charge in [-0.15, -0.1) is 6.42 Å². The van der Waals surface area contributed by atoms with Gasteiger partial charge in [-0.1, -0.05) is 18.1 Å². The fraction of sp³-hybridized carbons (Fsp3) is 0.542. The number of carbonyl (C=O) groups excluding carboxylic acids is 1. The van der Waals surface area contributed by atoms with Gasteiger partial charge < -0.3 is 24.4 Å². The van der Waals surface area contributed by atoms with E-state index in [0.717, 1.165) is 30.6 Å². The molecule has 2 aliphatic heterocycles. The first-order chi connectivity index (χ1) is 14.6. The molecule has 2 aliphatic rings. The van der Waals surface area contributed by atoms with Crippen LogP contribution in [0.5, 0.6) is 0 Å². The highest BCUT2D eigenvalue weighted by Crippen LogP contribution is 2.39. The van der Waals surface area contributed by atoms with Crippen molar-refractivity contribution < 1.29 is 19.4 Å². The van der Waals surface area contributed by atoms with Crippen molar-refractivity contribution in [2.75, 3.05) is 46.4 Å². The minimum Gasteiger partial charge on any atom is -0.459 e. The van der Waals surface area contributed by atoms with E-state index in [4.69, 9.17) is 15.9 Å². The van der Waals surface area contributed by atoms with Gasteiger partial charge in [-0.05, 0) is 50.6 Å². The molecule has 0 saturated carbocycles. The molecule has 1 aromatic carbocycles. The quantitative estimate of drug-likeness (QED) is 0.696. The number of amides is 1. The molecule has 3 rings (SSSR count). The van der Waals surface area contributed by atoms with Gasteiger partial charge in [0.2, 0.25) is 6.29 Å². The summed E-state index contributed by atoms with van der Waals surface area (Å²) in [6.07, 6.45) is 8.28. The Labute approximate surface area is 179 Å². The maximum Gasteiger partial charge on any atom is 0.288 e. The van der Waals surface area contributed by atoms with Gasteiger partial charge in [-0.25, -0.2) is 0 Å². The molecule has 6 nitrogen and oxygen atoms in total. The van der Waals surface area contributed by atoms with E-state index < -0.39 is 6.29 Å². The zero-order valence-electron chi connectivity index (χ0n) is 17.9. The van der Waals surface area contributed by atoms with E-state index in [0.29, 0.717) is 31.9 Å². The molecule has 0 bridgehead atoms. The summed E-state index contributed by atoms with van der Waals surface area (Å²) in [6, 6.07) is 7.85. The average molecular weight is 413 g/mol. The van der Waals surface area contributed by atoms with Crippen molar-refractivity contribution in [3.05, 3.63) is 47.2 Å². The lowest BCUT2D eigenvalue weighted by Gasteiger charge is -2.39. The van der Waals surface area contributed by atoms with Crippen LogP contribution in [0.25, 0.3) is 0 Å². The molecule has 1 N–H and O–H groups in total. The summed E-state index contributed by atoms with van der Waals surface area (Å²) in [6.45, 7) is 5.58. The summed E-state index contributed by atoms with van der Waals surface area (Å²) in [7, 11) is 2.06. The summed E-state index contributed by atoms with van der Waals surface area (Å²) in [4.78, 5) is 17.3. The molecule has 2 heterocycles. The second kappa shape index (κ2) is 10.6. The number of piperazine rings is 1. The third-order valence-corrected chi connectivity index (χ3v) is 5.87. The van der Waals surface area contributed by atoms with Crippen LogP contribution in [0.3, 0.4) is 0 Å². The molecule has 1 aromatic rings. The van der Waals surface area contributed by atoms with E-state index in [9.17, 15) is 9.90 Å². The number of terminal acetylenes is 1. The van der Waals surface area contributed by atoms with Crippen LogP contribution >= 0.6 is 0 Å². The smallest absolute Gasteiger partial charge is 0.288 e. The number of benzene rings is 1. The zero-order chi connectivity index (χ0) is 21.5. The van der Waals surface area contributed by atoms with Gasteiger partial charge in [0.15, 0.2) is 5.76 Å². The normalized spacial score (nSPS) is 24.7. The minimum absolute atomic E-state index is 0.00201. The highest BCUT2D eigenvalue weighted by Gasteiger charge is 2.39. The third-order valence-electron chi connectivity index (χ3n) is 5.87. The molecule has 3 atom stereocenters. The van der Waals surface area contributed by atoms with E-state index in [1.165, 1.54) is 0 Å². The van der Waals surface area contributed by atoms with E-state index in [2.05, 4.69) is 17.9 Å². The number of rotatable bonds is 7. The number of allylic oxidation sites excluding steroid dienone is 1. The maximum absolute atomic E-state index is 13.2. The highest BCUT2D eigenvalue weighted by atomic mass is 16.7. The first-order valence-corrected chi connectivity index (χ1v) is 10.7. The van der Waals surface area contributed by atoms with Crippen LogP contribution in [0, 0.1) is 18.3 Å². The second-order valence-corrected chi connectivity index (χ2v) is 7.89. The van der Waals surface area contributed by atoms with Crippen molar-refractivity contribution in [1.29, 1.82) is 0 Å². The summed E-state index contributed by atoms with van der Waals surface area (Å²) >= 11 is 0. The molecule has 30 heavy (non-hydrogen) atoms. The lowest BCUT2D eigenvalue weighted by Crippen LogP contribution is -2.49. The summed E-state index contributed by atoms with van der Waals surface area (Å²) in [5.41, 5.74) is 1.88. The monoisotopic (exact) mass is 412 g/mol. The standard InChI is InChI=1S/C24H32N2O4/c1-4-18-8-10-19(11-9-18)21-17-22(23(28)26-14-12-25(3)13-15-26)30-24(29-5-2)20(21)7-6-16-27/h1,8-11,17,20-21,24,27H,5-7,12-16H2,2-3H3/t20-,21+,24+/m0/s1. The minimum atomic E-state index is -0.532.